The Labute approximate surface area is 150 Å². The molecule has 132 valence electrons. The molecule has 1 aliphatic carbocycles. The largest absolute Gasteiger partial charge is 0.308 e. The first kappa shape index (κ1) is 16.4. The number of hydrogen-bond donors (Lipinski definition) is 1. The van der Waals surface area contributed by atoms with Crippen LogP contribution in [0.2, 0.25) is 0 Å². The van der Waals surface area contributed by atoms with Crippen molar-refractivity contribution in [3.63, 3.8) is 0 Å². The number of benzene rings is 1. The smallest absolute Gasteiger partial charge is 0.236 e. The Balaban J connectivity index is 1.55. The van der Waals surface area contributed by atoms with Crippen LogP contribution in [0.5, 0.6) is 0 Å². The van der Waals surface area contributed by atoms with Gasteiger partial charge in [0, 0.05) is 24.5 Å². The summed E-state index contributed by atoms with van der Waals surface area (Å²) in [6.07, 6.45) is 4.72. The van der Waals surface area contributed by atoms with Crippen molar-refractivity contribution in [2.75, 3.05) is 5.32 Å². The average Bonchev–Trinajstić information content (AvgIpc) is 3.28. The Morgan fingerprint density at radius 1 is 1.15 bits per heavy atom. The zero-order valence-electron chi connectivity index (χ0n) is 14.7. The summed E-state index contributed by atoms with van der Waals surface area (Å²) in [6, 6.07) is 10.9. The number of aromatic nitrogens is 3. The van der Waals surface area contributed by atoms with Crippen LogP contribution in [0.1, 0.15) is 29.5 Å². The van der Waals surface area contributed by atoms with E-state index < -0.39 is 11.4 Å². The van der Waals surface area contributed by atoms with Crippen molar-refractivity contribution in [3.8, 4) is 5.69 Å². The SMILES string of the molecule is Cc1cc(C)cc(C2(C(=O)Nc3ccn(-c4ccnc(F)c4)n3)CC2)c1. The highest BCUT2D eigenvalue weighted by Gasteiger charge is 2.51. The number of halogens is 1. The summed E-state index contributed by atoms with van der Waals surface area (Å²) in [4.78, 5) is 16.4. The van der Waals surface area contributed by atoms with Crippen LogP contribution in [-0.4, -0.2) is 20.7 Å². The molecule has 4 rings (SSSR count). The Morgan fingerprint density at radius 3 is 2.54 bits per heavy atom. The Bertz CT molecular complexity index is 971. The van der Waals surface area contributed by atoms with Crippen LogP contribution in [0.15, 0.2) is 48.8 Å². The minimum atomic E-state index is -0.574. The Morgan fingerprint density at radius 2 is 1.88 bits per heavy atom. The van der Waals surface area contributed by atoms with Gasteiger partial charge in [0.2, 0.25) is 11.9 Å². The molecule has 0 atom stereocenters. The van der Waals surface area contributed by atoms with Crippen LogP contribution in [0.3, 0.4) is 0 Å². The van der Waals surface area contributed by atoms with Crippen LogP contribution < -0.4 is 5.32 Å². The lowest BCUT2D eigenvalue weighted by Crippen LogP contribution is -2.28. The Hall–Kier alpha value is -3.02. The zero-order valence-corrected chi connectivity index (χ0v) is 14.7. The van der Waals surface area contributed by atoms with E-state index in [4.69, 9.17) is 0 Å². The summed E-state index contributed by atoms with van der Waals surface area (Å²) in [6.45, 7) is 4.08. The molecule has 0 aliphatic heterocycles. The monoisotopic (exact) mass is 350 g/mol. The molecule has 1 N–H and O–H groups in total. The number of amides is 1. The summed E-state index contributed by atoms with van der Waals surface area (Å²) in [5.74, 6) is -0.174. The van der Waals surface area contributed by atoms with Crippen LogP contribution in [-0.2, 0) is 10.2 Å². The first-order valence-electron chi connectivity index (χ1n) is 8.54. The van der Waals surface area contributed by atoms with Gasteiger partial charge in [0.25, 0.3) is 0 Å². The van der Waals surface area contributed by atoms with Gasteiger partial charge in [0.05, 0.1) is 11.1 Å². The van der Waals surface area contributed by atoms with Gasteiger partial charge in [-0.1, -0.05) is 29.3 Å². The quantitative estimate of drug-likeness (QED) is 0.730. The summed E-state index contributed by atoms with van der Waals surface area (Å²) in [5.41, 5.74) is 3.45. The van der Waals surface area contributed by atoms with Crippen LogP contribution in [0.25, 0.3) is 5.69 Å². The fourth-order valence-electron chi connectivity index (χ4n) is 3.33. The molecular weight excluding hydrogens is 331 g/mol. The van der Waals surface area contributed by atoms with Crippen molar-refractivity contribution >= 4 is 11.7 Å². The molecule has 0 unspecified atom stereocenters. The lowest BCUT2D eigenvalue weighted by atomic mass is 9.92. The second-order valence-electron chi connectivity index (χ2n) is 6.89. The maximum Gasteiger partial charge on any atom is 0.236 e. The average molecular weight is 350 g/mol. The van der Waals surface area contributed by atoms with E-state index in [1.54, 1.807) is 18.3 Å². The molecule has 6 heteroatoms. The molecule has 0 spiro atoms. The van der Waals surface area contributed by atoms with Gasteiger partial charge in [-0.3, -0.25) is 4.79 Å². The summed E-state index contributed by atoms with van der Waals surface area (Å²) in [7, 11) is 0. The summed E-state index contributed by atoms with van der Waals surface area (Å²) in [5, 5.41) is 7.23. The van der Waals surface area contributed by atoms with Crippen molar-refractivity contribution in [1.29, 1.82) is 0 Å². The van der Waals surface area contributed by atoms with Crippen LogP contribution in [0, 0.1) is 19.8 Å². The predicted octanol–water partition coefficient (Wildman–Crippen LogP) is 3.69. The predicted molar refractivity (Wildman–Crippen MR) is 96.8 cm³/mol. The minimum absolute atomic E-state index is 0.0475. The first-order chi connectivity index (χ1) is 12.5. The fourth-order valence-corrected chi connectivity index (χ4v) is 3.33. The third-order valence-electron chi connectivity index (χ3n) is 4.76. The third kappa shape index (κ3) is 2.98. The van der Waals surface area contributed by atoms with Crippen molar-refractivity contribution in [2.45, 2.75) is 32.1 Å². The van der Waals surface area contributed by atoms with Gasteiger partial charge < -0.3 is 5.32 Å². The minimum Gasteiger partial charge on any atom is -0.308 e. The van der Waals surface area contributed by atoms with E-state index >= 15 is 0 Å². The lowest BCUT2D eigenvalue weighted by Gasteiger charge is -2.16. The highest BCUT2D eigenvalue weighted by atomic mass is 19.1. The van der Waals surface area contributed by atoms with E-state index in [9.17, 15) is 9.18 Å². The maximum absolute atomic E-state index is 13.3. The Kier molecular flexibility index (Phi) is 3.83. The zero-order chi connectivity index (χ0) is 18.3. The summed E-state index contributed by atoms with van der Waals surface area (Å²) < 4.78 is 14.8. The van der Waals surface area contributed by atoms with E-state index in [2.05, 4.69) is 33.6 Å². The third-order valence-corrected chi connectivity index (χ3v) is 4.76. The number of carbonyl (C=O) groups is 1. The molecule has 1 fully saturated rings. The van der Waals surface area contributed by atoms with Crippen molar-refractivity contribution in [1.82, 2.24) is 14.8 Å². The van der Waals surface area contributed by atoms with Crippen molar-refractivity contribution in [3.05, 3.63) is 71.4 Å². The molecule has 5 nitrogen and oxygen atoms in total. The van der Waals surface area contributed by atoms with Gasteiger partial charge in [-0.15, -0.1) is 0 Å². The van der Waals surface area contributed by atoms with E-state index in [0.29, 0.717) is 11.5 Å². The van der Waals surface area contributed by atoms with Crippen molar-refractivity contribution < 1.29 is 9.18 Å². The molecular formula is C20H19FN4O. The lowest BCUT2D eigenvalue weighted by molar-refractivity contribution is -0.118. The number of pyridine rings is 1. The second kappa shape index (κ2) is 6.05. The topological polar surface area (TPSA) is 59.8 Å². The van der Waals surface area contributed by atoms with E-state index in [-0.39, 0.29) is 5.91 Å². The number of nitrogens with one attached hydrogen (secondary N) is 1. The highest BCUT2D eigenvalue weighted by molar-refractivity contribution is 6.00. The normalized spacial score (nSPS) is 14.9. The number of nitrogens with zero attached hydrogens (tertiary/aromatic N) is 3. The second-order valence-corrected chi connectivity index (χ2v) is 6.89. The van der Waals surface area contributed by atoms with Gasteiger partial charge in [-0.25, -0.2) is 9.67 Å². The molecule has 26 heavy (non-hydrogen) atoms. The van der Waals surface area contributed by atoms with Gasteiger partial charge in [0.15, 0.2) is 5.82 Å². The van der Waals surface area contributed by atoms with E-state index in [0.717, 1.165) is 29.5 Å². The fraction of sp³-hybridized carbons (Fsp3) is 0.250. The number of hydrogen-bond acceptors (Lipinski definition) is 3. The number of anilines is 1. The molecule has 1 amide bonds. The number of rotatable bonds is 4. The van der Waals surface area contributed by atoms with Crippen LogP contribution in [0.4, 0.5) is 10.2 Å². The molecule has 0 bridgehead atoms. The molecule has 0 saturated heterocycles. The van der Waals surface area contributed by atoms with Crippen molar-refractivity contribution in [2.24, 2.45) is 0 Å². The molecule has 3 aromatic rings. The summed E-state index contributed by atoms with van der Waals surface area (Å²) >= 11 is 0. The molecule has 2 heterocycles. The standard InChI is InChI=1S/C20H19FN4O/c1-13-9-14(2)11-15(10-13)20(5-6-20)19(26)23-18-4-8-25(24-18)16-3-7-22-17(21)12-16/h3-4,7-12H,5-6H2,1-2H3,(H,23,24,26). The number of aryl methyl sites for hydroxylation is 2. The van der Waals surface area contributed by atoms with Gasteiger partial charge in [0.1, 0.15) is 0 Å². The van der Waals surface area contributed by atoms with Gasteiger partial charge in [-0.05, 0) is 38.3 Å². The van der Waals surface area contributed by atoms with Crippen LogP contribution >= 0.6 is 0 Å². The van der Waals surface area contributed by atoms with E-state index in [1.807, 2.05) is 13.8 Å². The highest BCUT2D eigenvalue weighted by Crippen LogP contribution is 2.49. The first-order valence-corrected chi connectivity index (χ1v) is 8.54. The number of carbonyl (C=O) groups excluding carboxylic acids is 1. The van der Waals surface area contributed by atoms with Gasteiger partial charge in [-0.2, -0.15) is 9.49 Å². The molecule has 1 aliphatic rings. The van der Waals surface area contributed by atoms with Gasteiger partial charge >= 0.3 is 0 Å². The van der Waals surface area contributed by atoms with E-state index in [1.165, 1.54) is 16.9 Å². The molecule has 1 aromatic carbocycles. The maximum atomic E-state index is 13.3. The molecule has 2 aromatic heterocycles. The molecule has 0 radical (unpaired) electrons. The molecule has 1 saturated carbocycles.